The highest BCUT2D eigenvalue weighted by Gasteiger charge is 2.28. The van der Waals surface area contributed by atoms with Crippen LogP contribution >= 0.6 is 11.3 Å². The molecule has 1 unspecified atom stereocenters. The van der Waals surface area contributed by atoms with Gasteiger partial charge in [-0.3, -0.25) is 4.79 Å². The Morgan fingerprint density at radius 2 is 2.19 bits per heavy atom. The summed E-state index contributed by atoms with van der Waals surface area (Å²) in [6.45, 7) is 2.06. The van der Waals surface area contributed by atoms with Gasteiger partial charge >= 0.3 is 5.97 Å². The van der Waals surface area contributed by atoms with E-state index in [4.69, 9.17) is 10.5 Å². The van der Waals surface area contributed by atoms with Gasteiger partial charge in [0.1, 0.15) is 5.00 Å². The fourth-order valence-corrected chi connectivity index (χ4v) is 3.85. The zero-order valence-corrected chi connectivity index (χ0v) is 13.3. The number of anilines is 1. The third-order valence-electron chi connectivity index (χ3n) is 3.75. The average Bonchev–Trinajstić information content (AvgIpc) is 3.04. The minimum Gasteiger partial charge on any atom is -0.465 e. The molecule has 0 saturated heterocycles. The summed E-state index contributed by atoms with van der Waals surface area (Å²) in [5.74, 6) is -0.611. The van der Waals surface area contributed by atoms with Crippen molar-refractivity contribution >= 4 is 28.2 Å². The molecule has 0 spiro atoms. The largest absolute Gasteiger partial charge is 0.465 e. The molecule has 0 saturated carbocycles. The Hall–Kier alpha value is -1.40. The number of nitrogens with one attached hydrogen (secondary N) is 1. The van der Waals surface area contributed by atoms with Crippen LogP contribution in [-0.4, -0.2) is 25.0 Å². The van der Waals surface area contributed by atoms with Gasteiger partial charge in [0.15, 0.2) is 0 Å². The quantitative estimate of drug-likeness (QED) is 0.791. The molecule has 1 aliphatic carbocycles. The Morgan fingerprint density at radius 3 is 2.86 bits per heavy atom. The van der Waals surface area contributed by atoms with Crippen molar-refractivity contribution in [3.63, 3.8) is 0 Å². The minimum atomic E-state index is -0.535. The van der Waals surface area contributed by atoms with E-state index in [1.807, 2.05) is 0 Å². The van der Waals surface area contributed by atoms with E-state index < -0.39 is 6.04 Å². The SMILES string of the molecule is CCCCC(N)C(=O)Nc1sc2c(c1C(=O)OC)CCC2. The smallest absolute Gasteiger partial charge is 0.341 e. The number of fused-ring (bicyclic) bond motifs is 1. The molecule has 0 aromatic carbocycles. The van der Waals surface area contributed by atoms with Gasteiger partial charge in [0.2, 0.25) is 5.91 Å². The summed E-state index contributed by atoms with van der Waals surface area (Å²) in [7, 11) is 1.36. The predicted molar refractivity (Wildman–Crippen MR) is 83.8 cm³/mol. The maximum absolute atomic E-state index is 12.1. The Labute approximate surface area is 128 Å². The number of amides is 1. The number of hydrogen-bond donors (Lipinski definition) is 2. The Kier molecular flexibility index (Phi) is 5.36. The lowest BCUT2D eigenvalue weighted by molar-refractivity contribution is -0.117. The van der Waals surface area contributed by atoms with Gasteiger partial charge in [-0.05, 0) is 31.2 Å². The van der Waals surface area contributed by atoms with Gasteiger partial charge in [-0.2, -0.15) is 0 Å². The van der Waals surface area contributed by atoms with Crippen LogP contribution in [0.5, 0.6) is 0 Å². The van der Waals surface area contributed by atoms with Crippen LogP contribution in [0.3, 0.4) is 0 Å². The molecular weight excluding hydrogens is 288 g/mol. The highest BCUT2D eigenvalue weighted by atomic mass is 32.1. The minimum absolute atomic E-state index is 0.228. The molecule has 1 aromatic rings. The Morgan fingerprint density at radius 1 is 1.43 bits per heavy atom. The number of rotatable bonds is 6. The van der Waals surface area contributed by atoms with Crippen LogP contribution in [0.4, 0.5) is 5.00 Å². The molecule has 1 aromatic heterocycles. The molecule has 3 N–H and O–H groups in total. The number of thiophene rings is 1. The van der Waals surface area contributed by atoms with E-state index in [1.165, 1.54) is 23.3 Å². The van der Waals surface area contributed by atoms with E-state index in [2.05, 4.69) is 12.2 Å². The van der Waals surface area contributed by atoms with E-state index in [1.54, 1.807) is 0 Å². The van der Waals surface area contributed by atoms with Crippen LogP contribution < -0.4 is 11.1 Å². The second kappa shape index (κ2) is 7.04. The topological polar surface area (TPSA) is 81.4 Å². The monoisotopic (exact) mass is 310 g/mol. The molecule has 2 rings (SSSR count). The standard InChI is InChI=1S/C15H22N2O3S/c1-3-4-7-10(16)13(18)17-14-12(15(19)20-2)9-6-5-8-11(9)21-14/h10H,3-8,16H2,1-2H3,(H,17,18). The summed E-state index contributed by atoms with van der Waals surface area (Å²) in [6, 6.07) is -0.535. The summed E-state index contributed by atoms with van der Waals surface area (Å²) in [5.41, 5.74) is 7.43. The first-order valence-corrected chi connectivity index (χ1v) is 8.19. The first-order chi connectivity index (χ1) is 10.1. The van der Waals surface area contributed by atoms with Crippen LogP contribution in [0.2, 0.25) is 0 Å². The molecule has 0 radical (unpaired) electrons. The lowest BCUT2D eigenvalue weighted by Gasteiger charge is -2.12. The summed E-state index contributed by atoms with van der Waals surface area (Å²) in [6.07, 6.45) is 5.45. The maximum atomic E-state index is 12.1. The van der Waals surface area contributed by atoms with Gasteiger partial charge in [0.25, 0.3) is 0 Å². The van der Waals surface area contributed by atoms with E-state index in [0.29, 0.717) is 17.0 Å². The molecule has 21 heavy (non-hydrogen) atoms. The number of esters is 1. The number of unbranched alkanes of at least 4 members (excludes halogenated alkanes) is 1. The van der Waals surface area contributed by atoms with E-state index in [0.717, 1.165) is 37.7 Å². The number of carbonyl (C=O) groups is 2. The number of methoxy groups -OCH3 is 1. The number of carbonyl (C=O) groups excluding carboxylic acids is 2. The van der Waals surface area contributed by atoms with Crippen LogP contribution in [0.15, 0.2) is 0 Å². The normalized spacial score (nSPS) is 14.6. The second-order valence-corrected chi connectivity index (χ2v) is 6.40. The van der Waals surface area contributed by atoms with E-state index in [-0.39, 0.29) is 11.9 Å². The molecular formula is C15H22N2O3S. The number of aryl methyl sites for hydroxylation is 1. The van der Waals surface area contributed by atoms with Crippen LogP contribution in [-0.2, 0) is 22.4 Å². The summed E-state index contributed by atoms with van der Waals surface area (Å²) in [4.78, 5) is 25.3. The number of nitrogens with two attached hydrogens (primary N) is 1. The van der Waals surface area contributed by atoms with E-state index >= 15 is 0 Å². The van der Waals surface area contributed by atoms with Crippen LogP contribution in [0.1, 0.15) is 53.4 Å². The molecule has 5 nitrogen and oxygen atoms in total. The van der Waals surface area contributed by atoms with Crippen molar-refractivity contribution in [3.05, 3.63) is 16.0 Å². The predicted octanol–water partition coefficient (Wildman–Crippen LogP) is 2.48. The van der Waals surface area contributed by atoms with Crippen LogP contribution in [0, 0.1) is 0 Å². The van der Waals surface area contributed by atoms with Crippen molar-refractivity contribution in [2.75, 3.05) is 12.4 Å². The summed E-state index contributed by atoms with van der Waals surface area (Å²) >= 11 is 1.47. The third-order valence-corrected chi connectivity index (χ3v) is 4.96. The lowest BCUT2D eigenvalue weighted by Crippen LogP contribution is -2.35. The maximum Gasteiger partial charge on any atom is 0.341 e. The zero-order chi connectivity index (χ0) is 15.4. The van der Waals surface area contributed by atoms with Gasteiger partial charge in [0, 0.05) is 4.88 Å². The van der Waals surface area contributed by atoms with Gasteiger partial charge in [-0.25, -0.2) is 4.79 Å². The molecule has 1 amide bonds. The van der Waals surface area contributed by atoms with Crippen LogP contribution in [0.25, 0.3) is 0 Å². The first-order valence-electron chi connectivity index (χ1n) is 7.37. The van der Waals surface area contributed by atoms with E-state index in [9.17, 15) is 9.59 Å². The van der Waals surface area contributed by atoms with Crippen molar-refractivity contribution < 1.29 is 14.3 Å². The number of hydrogen-bond acceptors (Lipinski definition) is 5. The average molecular weight is 310 g/mol. The highest BCUT2D eigenvalue weighted by molar-refractivity contribution is 7.17. The fraction of sp³-hybridized carbons (Fsp3) is 0.600. The summed E-state index contributed by atoms with van der Waals surface area (Å²) < 4.78 is 4.85. The van der Waals surface area contributed by atoms with Gasteiger partial charge in [-0.15, -0.1) is 11.3 Å². The van der Waals surface area contributed by atoms with Crippen molar-refractivity contribution in [3.8, 4) is 0 Å². The van der Waals surface area contributed by atoms with Gasteiger partial charge in [0.05, 0.1) is 18.7 Å². The Bertz CT molecular complexity index is 539. The molecule has 0 fully saturated rings. The molecule has 1 heterocycles. The molecule has 6 heteroatoms. The number of ether oxygens (including phenoxy) is 1. The molecule has 1 aliphatic rings. The highest BCUT2D eigenvalue weighted by Crippen LogP contribution is 2.39. The summed E-state index contributed by atoms with van der Waals surface area (Å²) in [5, 5.41) is 3.40. The van der Waals surface area contributed by atoms with Crippen molar-refractivity contribution in [1.82, 2.24) is 0 Å². The molecule has 1 atom stereocenters. The van der Waals surface area contributed by atoms with Gasteiger partial charge in [-0.1, -0.05) is 19.8 Å². The molecule has 0 aliphatic heterocycles. The zero-order valence-electron chi connectivity index (χ0n) is 12.5. The molecule has 116 valence electrons. The second-order valence-electron chi connectivity index (χ2n) is 5.29. The third kappa shape index (κ3) is 3.44. The Balaban J connectivity index is 2.16. The van der Waals surface area contributed by atoms with Gasteiger partial charge < -0.3 is 15.8 Å². The first kappa shape index (κ1) is 16.0. The van der Waals surface area contributed by atoms with Crippen molar-refractivity contribution in [1.29, 1.82) is 0 Å². The lowest BCUT2D eigenvalue weighted by atomic mass is 10.1. The fourth-order valence-electron chi connectivity index (χ4n) is 2.57. The molecule has 0 bridgehead atoms. The van der Waals surface area contributed by atoms with Crippen molar-refractivity contribution in [2.45, 2.75) is 51.5 Å². The van der Waals surface area contributed by atoms with Crippen molar-refractivity contribution in [2.24, 2.45) is 5.73 Å².